The van der Waals surface area contributed by atoms with Gasteiger partial charge in [0.1, 0.15) is 5.75 Å². The number of carboxylic acid groups (broad SMARTS) is 1. The highest BCUT2D eigenvalue weighted by Crippen LogP contribution is 2.32. The summed E-state index contributed by atoms with van der Waals surface area (Å²) in [7, 11) is 0. The molecule has 19 heavy (non-hydrogen) atoms. The normalized spacial score (nSPS) is 17.3. The van der Waals surface area contributed by atoms with Crippen molar-refractivity contribution in [1.82, 2.24) is 0 Å². The number of aliphatic carboxylic acids is 1. The van der Waals surface area contributed by atoms with Gasteiger partial charge >= 0.3 is 5.97 Å². The Morgan fingerprint density at radius 1 is 1.47 bits per heavy atom. The van der Waals surface area contributed by atoms with Crippen molar-refractivity contribution in [3.8, 4) is 5.75 Å². The molecule has 0 aromatic heterocycles. The summed E-state index contributed by atoms with van der Waals surface area (Å²) in [6, 6.07) is 4.39. The van der Waals surface area contributed by atoms with Crippen LogP contribution < -0.4 is 10.5 Å². The number of hydrogen-bond acceptors (Lipinski definition) is 3. The van der Waals surface area contributed by atoms with E-state index >= 15 is 0 Å². The highest BCUT2D eigenvalue weighted by atomic mass is 16.5. The first kappa shape index (κ1) is 13.9. The molecular weight excluding hydrogens is 242 g/mol. The molecule has 1 aliphatic carbocycles. The number of fused-ring (bicyclic) bond motifs is 1. The van der Waals surface area contributed by atoms with Crippen LogP contribution in [-0.4, -0.2) is 23.7 Å². The Balaban J connectivity index is 2.15. The van der Waals surface area contributed by atoms with Crippen LogP contribution in [0.3, 0.4) is 0 Å². The average Bonchev–Trinajstić information content (AvgIpc) is 2.69. The van der Waals surface area contributed by atoms with Gasteiger partial charge < -0.3 is 15.6 Å². The zero-order chi connectivity index (χ0) is 13.8. The number of carbonyl (C=O) groups is 1. The van der Waals surface area contributed by atoms with Crippen LogP contribution in [0.2, 0.25) is 0 Å². The maximum absolute atomic E-state index is 10.5. The summed E-state index contributed by atoms with van der Waals surface area (Å²) >= 11 is 0. The van der Waals surface area contributed by atoms with E-state index in [9.17, 15) is 4.79 Å². The van der Waals surface area contributed by atoms with Crippen molar-refractivity contribution >= 4 is 5.97 Å². The van der Waals surface area contributed by atoms with Gasteiger partial charge in [-0.1, -0.05) is 6.07 Å². The summed E-state index contributed by atoms with van der Waals surface area (Å²) in [6.45, 7) is 2.61. The molecule has 0 saturated carbocycles. The third-order valence-corrected chi connectivity index (χ3v) is 3.47. The molecule has 0 saturated heterocycles. The van der Waals surface area contributed by atoms with E-state index in [-0.39, 0.29) is 12.5 Å². The van der Waals surface area contributed by atoms with Crippen molar-refractivity contribution in [2.45, 2.75) is 45.1 Å². The minimum absolute atomic E-state index is 0.184. The van der Waals surface area contributed by atoms with Gasteiger partial charge in [0.15, 0.2) is 0 Å². The SMILES string of the molecule is CCOc1cc(CCCC(=O)O)cc2c1CC(N)C2. The fraction of sp³-hybridized carbons (Fsp3) is 0.533. The molecule has 0 spiro atoms. The molecule has 2 rings (SSSR count). The van der Waals surface area contributed by atoms with Crippen LogP contribution in [-0.2, 0) is 24.1 Å². The molecule has 0 fully saturated rings. The molecule has 0 amide bonds. The molecule has 1 atom stereocenters. The highest BCUT2D eigenvalue weighted by Gasteiger charge is 2.22. The predicted molar refractivity (Wildman–Crippen MR) is 73.6 cm³/mol. The average molecular weight is 263 g/mol. The zero-order valence-corrected chi connectivity index (χ0v) is 11.3. The second kappa shape index (κ2) is 6.06. The monoisotopic (exact) mass is 263 g/mol. The Kier molecular flexibility index (Phi) is 4.43. The summed E-state index contributed by atoms with van der Waals surface area (Å²) in [5.74, 6) is 0.187. The van der Waals surface area contributed by atoms with E-state index < -0.39 is 5.97 Å². The third kappa shape index (κ3) is 3.47. The first-order chi connectivity index (χ1) is 9.10. The topological polar surface area (TPSA) is 72.5 Å². The quantitative estimate of drug-likeness (QED) is 0.822. The van der Waals surface area contributed by atoms with Gasteiger partial charge in [0.2, 0.25) is 0 Å². The fourth-order valence-corrected chi connectivity index (χ4v) is 2.67. The van der Waals surface area contributed by atoms with Gasteiger partial charge in [-0.25, -0.2) is 0 Å². The molecule has 104 valence electrons. The lowest BCUT2D eigenvalue weighted by Gasteiger charge is -2.12. The number of benzene rings is 1. The van der Waals surface area contributed by atoms with Crippen molar-refractivity contribution in [3.05, 3.63) is 28.8 Å². The lowest BCUT2D eigenvalue weighted by molar-refractivity contribution is -0.137. The summed E-state index contributed by atoms with van der Waals surface area (Å²) < 4.78 is 5.69. The number of hydrogen-bond donors (Lipinski definition) is 2. The molecule has 1 unspecified atom stereocenters. The summed E-state index contributed by atoms with van der Waals surface area (Å²) in [5.41, 5.74) is 9.66. The number of ether oxygens (including phenoxy) is 1. The van der Waals surface area contributed by atoms with E-state index in [0.717, 1.165) is 30.6 Å². The van der Waals surface area contributed by atoms with Crippen LogP contribution in [0, 0.1) is 0 Å². The molecule has 1 aromatic rings. The van der Waals surface area contributed by atoms with E-state index in [2.05, 4.69) is 6.07 Å². The summed E-state index contributed by atoms with van der Waals surface area (Å²) in [6.07, 6.45) is 3.41. The van der Waals surface area contributed by atoms with Crippen LogP contribution in [0.15, 0.2) is 12.1 Å². The maximum Gasteiger partial charge on any atom is 0.303 e. The molecule has 1 aromatic carbocycles. The Labute approximate surface area is 113 Å². The van der Waals surface area contributed by atoms with Crippen molar-refractivity contribution < 1.29 is 14.6 Å². The number of carboxylic acids is 1. The lowest BCUT2D eigenvalue weighted by Crippen LogP contribution is -2.19. The van der Waals surface area contributed by atoms with Crippen LogP contribution in [0.25, 0.3) is 0 Å². The van der Waals surface area contributed by atoms with Crippen LogP contribution in [0.1, 0.15) is 36.5 Å². The van der Waals surface area contributed by atoms with Gasteiger partial charge in [-0.2, -0.15) is 0 Å². The minimum Gasteiger partial charge on any atom is -0.494 e. The van der Waals surface area contributed by atoms with Gasteiger partial charge in [0.25, 0.3) is 0 Å². The molecule has 0 bridgehead atoms. The second-order valence-electron chi connectivity index (χ2n) is 5.08. The van der Waals surface area contributed by atoms with Crippen LogP contribution in [0.5, 0.6) is 5.75 Å². The second-order valence-corrected chi connectivity index (χ2v) is 5.08. The first-order valence-corrected chi connectivity index (χ1v) is 6.85. The Morgan fingerprint density at radius 2 is 2.26 bits per heavy atom. The molecule has 1 aliphatic rings. The summed E-state index contributed by atoms with van der Waals surface area (Å²) in [4.78, 5) is 10.5. The van der Waals surface area contributed by atoms with E-state index in [4.69, 9.17) is 15.6 Å². The van der Waals surface area contributed by atoms with Crippen LogP contribution in [0.4, 0.5) is 0 Å². The summed E-state index contributed by atoms with van der Waals surface area (Å²) in [5, 5.41) is 8.68. The van der Waals surface area contributed by atoms with Gasteiger partial charge in [-0.15, -0.1) is 0 Å². The highest BCUT2D eigenvalue weighted by molar-refractivity contribution is 5.66. The number of rotatable bonds is 6. The standard InChI is InChI=1S/C15H21NO3/c1-2-19-14-7-10(4-3-5-15(17)18)6-11-8-12(16)9-13(11)14/h6-7,12H,2-5,8-9,16H2,1H3,(H,17,18). The smallest absolute Gasteiger partial charge is 0.303 e. The zero-order valence-electron chi connectivity index (χ0n) is 11.3. The molecule has 4 heteroatoms. The van der Waals surface area contributed by atoms with E-state index in [0.29, 0.717) is 13.0 Å². The molecular formula is C15H21NO3. The third-order valence-electron chi connectivity index (χ3n) is 3.47. The Hall–Kier alpha value is -1.55. The fourth-order valence-electron chi connectivity index (χ4n) is 2.67. The molecule has 0 radical (unpaired) electrons. The van der Waals surface area contributed by atoms with Gasteiger partial charge in [0.05, 0.1) is 6.61 Å². The van der Waals surface area contributed by atoms with Gasteiger partial charge in [-0.05, 0) is 55.4 Å². The van der Waals surface area contributed by atoms with E-state index in [1.165, 1.54) is 11.1 Å². The maximum atomic E-state index is 10.5. The van der Waals surface area contributed by atoms with Crippen LogP contribution >= 0.6 is 0 Å². The minimum atomic E-state index is -0.742. The molecule has 4 nitrogen and oxygen atoms in total. The predicted octanol–water partition coefficient (Wildman–Crippen LogP) is 1.92. The lowest BCUT2D eigenvalue weighted by atomic mass is 10.0. The first-order valence-electron chi connectivity index (χ1n) is 6.85. The number of nitrogens with two attached hydrogens (primary N) is 1. The van der Waals surface area contributed by atoms with Crippen molar-refractivity contribution in [2.75, 3.05) is 6.61 Å². The van der Waals surface area contributed by atoms with Crippen molar-refractivity contribution in [2.24, 2.45) is 5.73 Å². The van der Waals surface area contributed by atoms with Crippen molar-refractivity contribution in [1.29, 1.82) is 0 Å². The number of aryl methyl sites for hydroxylation is 1. The van der Waals surface area contributed by atoms with Crippen molar-refractivity contribution in [3.63, 3.8) is 0 Å². The molecule has 0 aliphatic heterocycles. The van der Waals surface area contributed by atoms with Gasteiger partial charge in [-0.3, -0.25) is 4.79 Å². The van der Waals surface area contributed by atoms with E-state index in [1.807, 2.05) is 13.0 Å². The van der Waals surface area contributed by atoms with E-state index in [1.54, 1.807) is 0 Å². The molecule has 3 N–H and O–H groups in total. The van der Waals surface area contributed by atoms with Gasteiger partial charge in [0, 0.05) is 12.5 Å². The Bertz CT molecular complexity index is 471. The molecule has 0 heterocycles. The Morgan fingerprint density at radius 3 is 2.95 bits per heavy atom. The largest absolute Gasteiger partial charge is 0.494 e.